The molecule has 4 rings (SSSR count). The molecule has 38 heavy (non-hydrogen) atoms. The van der Waals surface area contributed by atoms with E-state index in [1.807, 2.05) is 50.4 Å². The van der Waals surface area contributed by atoms with Gasteiger partial charge in [0.25, 0.3) is 5.91 Å². The molecule has 1 aliphatic rings. The molecule has 0 radical (unpaired) electrons. The van der Waals surface area contributed by atoms with Crippen LogP contribution in [0.1, 0.15) is 12.0 Å². The fraction of sp³-hybridized carbons (Fsp3) is 0.407. The van der Waals surface area contributed by atoms with E-state index in [4.69, 9.17) is 14.2 Å². The van der Waals surface area contributed by atoms with Crippen LogP contribution < -0.4 is 19.7 Å². The van der Waals surface area contributed by atoms with Crippen molar-refractivity contribution in [3.8, 4) is 11.6 Å². The lowest BCUT2D eigenvalue weighted by atomic mass is 10.1. The summed E-state index contributed by atoms with van der Waals surface area (Å²) < 4.78 is 18.2. The van der Waals surface area contributed by atoms with Crippen molar-refractivity contribution >= 4 is 23.2 Å². The molecular formula is C27H34N6O5. The molecule has 1 aromatic carbocycles. The second-order valence-electron chi connectivity index (χ2n) is 9.27. The van der Waals surface area contributed by atoms with Crippen LogP contribution in [0.2, 0.25) is 0 Å². The molecule has 11 nitrogen and oxygen atoms in total. The SMILES string of the molecule is COc1cc(N(C)[C@H]2CO[C@H](C(=O)Nc3cnn(CC(=O)N(C)CCOc4ccc(C)cc4)c3)C2)ccn1. The number of hydrogen-bond donors (Lipinski definition) is 1. The number of aryl methyl sites for hydroxylation is 1. The van der Waals surface area contributed by atoms with Gasteiger partial charge in [-0.3, -0.25) is 14.3 Å². The molecule has 11 heteroatoms. The Hall–Kier alpha value is -4.12. The summed E-state index contributed by atoms with van der Waals surface area (Å²) in [5.41, 5.74) is 2.60. The third-order valence-electron chi connectivity index (χ3n) is 6.49. The Morgan fingerprint density at radius 2 is 2.00 bits per heavy atom. The maximum absolute atomic E-state index is 12.8. The Kier molecular flexibility index (Phi) is 8.80. The van der Waals surface area contributed by atoms with E-state index in [0.29, 0.717) is 37.7 Å². The Morgan fingerprint density at radius 3 is 2.76 bits per heavy atom. The Labute approximate surface area is 222 Å². The van der Waals surface area contributed by atoms with Crippen LogP contribution in [-0.2, 0) is 20.9 Å². The normalized spacial score (nSPS) is 16.6. The summed E-state index contributed by atoms with van der Waals surface area (Å²) in [7, 11) is 5.25. The minimum absolute atomic E-state index is 0.0312. The van der Waals surface area contributed by atoms with Crippen molar-refractivity contribution in [2.24, 2.45) is 0 Å². The summed E-state index contributed by atoms with van der Waals surface area (Å²) in [6.45, 7) is 3.32. The van der Waals surface area contributed by atoms with Crippen LogP contribution in [0, 0.1) is 6.92 Å². The van der Waals surface area contributed by atoms with Crippen LogP contribution in [0.5, 0.6) is 11.6 Å². The van der Waals surface area contributed by atoms with Crippen molar-refractivity contribution in [2.45, 2.75) is 32.0 Å². The number of likely N-dealkylation sites (N-methyl/N-ethyl adjacent to an activating group) is 2. The summed E-state index contributed by atoms with van der Waals surface area (Å²) in [5, 5.41) is 7.05. The van der Waals surface area contributed by atoms with Crippen molar-refractivity contribution in [1.29, 1.82) is 0 Å². The standard InChI is InChI=1S/C27H34N6O5/c1-19-5-7-23(8-6-19)37-12-11-31(2)26(34)17-33-16-20(15-29-33)30-27(35)24-13-22(18-38-24)32(3)21-9-10-28-25(14-21)36-4/h5-10,14-16,22,24H,11-13,17-18H2,1-4H3,(H,30,35)/t22-,24+/m1/s1. The van der Waals surface area contributed by atoms with Gasteiger partial charge in [0.2, 0.25) is 11.8 Å². The van der Waals surface area contributed by atoms with Crippen LogP contribution in [0.25, 0.3) is 0 Å². The Balaban J connectivity index is 1.21. The van der Waals surface area contributed by atoms with Gasteiger partial charge in [-0.15, -0.1) is 0 Å². The molecule has 202 valence electrons. The lowest BCUT2D eigenvalue weighted by Crippen LogP contribution is -2.33. The van der Waals surface area contributed by atoms with Crippen LogP contribution >= 0.6 is 0 Å². The number of carbonyl (C=O) groups is 2. The van der Waals surface area contributed by atoms with Gasteiger partial charge in [-0.2, -0.15) is 5.10 Å². The predicted octanol–water partition coefficient (Wildman–Crippen LogP) is 2.36. The van der Waals surface area contributed by atoms with E-state index in [2.05, 4.69) is 20.3 Å². The first-order valence-corrected chi connectivity index (χ1v) is 12.4. The fourth-order valence-electron chi connectivity index (χ4n) is 4.06. The van der Waals surface area contributed by atoms with E-state index >= 15 is 0 Å². The van der Waals surface area contributed by atoms with Crippen LogP contribution in [-0.4, -0.2) is 84.6 Å². The number of hydrogen-bond acceptors (Lipinski definition) is 8. The van der Waals surface area contributed by atoms with E-state index in [0.717, 1.165) is 17.0 Å². The zero-order chi connectivity index (χ0) is 27.1. The highest BCUT2D eigenvalue weighted by Gasteiger charge is 2.33. The number of ether oxygens (including phenoxy) is 3. The van der Waals surface area contributed by atoms with Gasteiger partial charge in [-0.1, -0.05) is 17.7 Å². The number of rotatable bonds is 11. The van der Waals surface area contributed by atoms with E-state index < -0.39 is 6.10 Å². The number of anilines is 2. The van der Waals surface area contributed by atoms with Crippen molar-refractivity contribution in [3.05, 3.63) is 60.6 Å². The minimum atomic E-state index is -0.587. The van der Waals surface area contributed by atoms with E-state index in [1.54, 1.807) is 31.5 Å². The van der Waals surface area contributed by atoms with Gasteiger partial charge in [0.15, 0.2) is 0 Å². The second-order valence-corrected chi connectivity index (χ2v) is 9.27. The van der Waals surface area contributed by atoms with Gasteiger partial charge < -0.3 is 29.3 Å². The van der Waals surface area contributed by atoms with Crippen molar-refractivity contribution < 1.29 is 23.8 Å². The summed E-state index contributed by atoms with van der Waals surface area (Å²) in [5.74, 6) is 0.936. The van der Waals surface area contributed by atoms with Crippen molar-refractivity contribution in [2.75, 3.05) is 51.2 Å². The topological polar surface area (TPSA) is 111 Å². The fourth-order valence-corrected chi connectivity index (χ4v) is 4.06. The van der Waals surface area contributed by atoms with E-state index in [-0.39, 0.29) is 24.4 Å². The molecule has 1 N–H and O–H groups in total. The number of amides is 2. The summed E-state index contributed by atoms with van der Waals surface area (Å²) in [6, 6.07) is 11.5. The second kappa shape index (κ2) is 12.4. The minimum Gasteiger partial charge on any atom is -0.492 e. The Morgan fingerprint density at radius 1 is 1.21 bits per heavy atom. The third-order valence-corrected chi connectivity index (χ3v) is 6.49. The molecule has 0 unspecified atom stereocenters. The quantitative estimate of drug-likeness (QED) is 0.409. The number of methoxy groups -OCH3 is 1. The molecule has 2 aromatic heterocycles. The molecule has 2 atom stereocenters. The first-order valence-electron chi connectivity index (χ1n) is 12.4. The lowest BCUT2D eigenvalue weighted by Gasteiger charge is -2.25. The molecular weight excluding hydrogens is 488 g/mol. The number of nitrogens with one attached hydrogen (secondary N) is 1. The molecule has 3 heterocycles. The number of pyridine rings is 1. The molecule has 0 aliphatic carbocycles. The Bertz CT molecular complexity index is 1230. The first-order chi connectivity index (χ1) is 18.3. The molecule has 1 saturated heterocycles. The van der Waals surface area contributed by atoms with E-state index in [9.17, 15) is 9.59 Å². The zero-order valence-corrected chi connectivity index (χ0v) is 22.2. The van der Waals surface area contributed by atoms with E-state index in [1.165, 1.54) is 10.9 Å². The van der Waals surface area contributed by atoms with Gasteiger partial charge in [0.1, 0.15) is 25.0 Å². The molecule has 0 saturated carbocycles. The van der Waals surface area contributed by atoms with Gasteiger partial charge in [0.05, 0.1) is 38.2 Å². The molecule has 3 aromatic rings. The summed E-state index contributed by atoms with van der Waals surface area (Å²) >= 11 is 0. The maximum atomic E-state index is 12.8. The number of benzene rings is 1. The van der Waals surface area contributed by atoms with Crippen LogP contribution in [0.4, 0.5) is 11.4 Å². The maximum Gasteiger partial charge on any atom is 0.253 e. The molecule has 1 fully saturated rings. The summed E-state index contributed by atoms with van der Waals surface area (Å²) in [6.07, 6.45) is 4.79. The molecule has 0 bridgehead atoms. The zero-order valence-electron chi connectivity index (χ0n) is 22.2. The smallest absolute Gasteiger partial charge is 0.253 e. The van der Waals surface area contributed by atoms with Crippen molar-refractivity contribution in [3.63, 3.8) is 0 Å². The highest BCUT2D eigenvalue weighted by Crippen LogP contribution is 2.26. The first kappa shape index (κ1) is 26.9. The highest BCUT2D eigenvalue weighted by molar-refractivity contribution is 5.94. The average Bonchev–Trinajstić information content (AvgIpc) is 3.59. The predicted molar refractivity (Wildman–Crippen MR) is 143 cm³/mol. The van der Waals surface area contributed by atoms with Gasteiger partial charge in [-0.05, 0) is 25.1 Å². The van der Waals surface area contributed by atoms with Gasteiger partial charge in [-0.25, -0.2) is 4.98 Å². The van der Waals surface area contributed by atoms with Crippen LogP contribution in [0.3, 0.4) is 0 Å². The van der Waals surface area contributed by atoms with Gasteiger partial charge in [0, 0.05) is 44.7 Å². The van der Waals surface area contributed by atoms with Crippen LogP contribution in [0.15, 0.2) is 55.0 Å². The molecule has 2 amide bonds. The van der Waals surface area contributed by atoms with Crippen molar-refractivity contribution in [1.82, 2.24) is 19.7 Å². The third kappa shape index (κ3) is 7.00. The lowest BCUT2D eigenvalue weighted by molar-refractivity contribution is -0.131. The number of aromatic nitrogens is 3. The monoisotopic (exact) mass is 522 g/mol. The molecule has 0 spiro atoms. The number of nitrogens with zero attached hydrogens (tertiary/aromatic N) is 5. The molecule has 1 aliphatic heterocycles. The number of carbonyl (C=O) groups excluding carboxylic acids is 2. The highest BCUT2D eigenvalue weighted by atomic mass is 16.5. The average molecular weight is 523 g/mol. The largest absolute Gasteiger partial charge is 0.492 e. The van der Waals surface area contributed by atoms with Gasteiger partial charge >= 0.3 is 0 Å². The summed E-state index contributed by atoms with van der Waals surface area (Å²) in [4.78, 5) is 33.2.